The molecule has 0 spiro atoms. The fraction of sp³-hybridized carbons (Fsp3) is 0.750. The van der Waals surface area contributed by atoms with Gasteiger partial charge in [-0.15, -0.1) is 0 Å². The number of ether oxygens (including phenoxy) is 1. The van der Waals surface area contributed by atoms with Crippen molar-refractivity contribution >= 4 is 11.9 Å². The second-order valence-corrected chi connectivity index (χ2v) is 5.17. The fourth-order valence-electron chi connectivity index (χ4n) is 3.09. The molecular weight excluding hydrogens is 246 g/mol. The topological polar surface area (TPSA) is 83.4 Å². The Hall–Kier alpha value is -1.63. The molecule has 3 rings (SSSR count). The third-order valence-electron chi connectivity index (χ3n) is 4.11. The van der Waals surface area contributed by atoms with Crippen LogP contribution >= 0.6 is 0 Å². The van der Waals surface area contributed by atoms with Crippen LogP contribution < -0.4 is 15.0 Å². The van der Waals surface area contributed by atoms with Gasteiger partial charge in [0.2, 0.25) is 11.9 Å². The van der Waals surface area contributed by atoms with E-state index in [2.05, 4.69) is 25.2 Å². The number of hydrogen-bond donors (Lipinski definition) is 2. The van der Waals surface area contributed by atoms with Gasteiger partial charge in [0.05, 0.1) is 13.2 Å². The average Bonchev–Trinajstić information content (AvgIpc) is 3.01. The third kappa shape index (κ3) is 2.18. The largest absolute Gasteiger partial charge is 0.467 e. The van der Waals surface area contributed by atoms with Gasteiger partial charge >= 0.3 is 6.01 Å². The summed E-state index contributed by atoms with van der Waals surface area (Å²) in [6.45, 7) is 1.71. The molecule has 1 aromatic heterocycles. The van der Waals surface area contributed by atoms with Crippen molar-refractivity contribution in [3.63, 3.8) is 0 Å². The molecule has 0 aromatic carbocycles. The summed E-state index contributed by atoms with van der Waals surface area (Å²) in [7, 11) is 3.31. The number of nitrogens with zero attached hydrogens (tertiary/aromatic N) is 4. The summed E-state index contributed by atoms with van der Waals surface area (Å²) >= 11 is 0. The molecule has 2 N–H and O–H groups in total. The first-order valence-corrected chi connectivity index (χ1v) is 6.62. The Morgan fingerprint density at radius 2 is 2.11 bits per heavy atom. The monoisotopic (exact) mass is 265 g/mol. The summed E-state index contributed by atoms with van der Waals surface area (Å²) in [6.07, 6.45) is 1.83. The highest BCUT2D eigenvalue weighted by atomic mass is 16.5. The zero-order valence-corrected chi connectivity index (χ0v) is 11.2. The lowest BCUT2D eigenvalue weighted by molar-refractivity contribution is 0.133. The lowest BCUT2D eigenvalue weighted by Gasteiger charge is -2.18. The van der Waals surface area contributed by atoms with Gasteiger partial charge in [-0.2, -0.15) is 15.0 Å². The van der Waals surface area contributed by atoms with Gasteiger partial charge in [-0.05, 0) is 18.8 Å². The molecule has 2 heterocycles. The van der Waals surface area contributed by atoms with E-state index in [9.17, 15) is 5.11 Å². The molecule has 2 fully saturated rings. The summed E-state index contributed by atoms with van der Waals surface area (Å²) in [4.78, 5) is 14.9. The van der Waals surface area contributed by atoms with Crippen LogP contribution in [0.4, 0.5) is 11.9 Å². The van der Waals surface area contributed by atoms with Gasteiger partial charge in [-0.25, -0.2) is 0 Å². The smallest absolute Gasteiger partial charge is 0.322 e. The molecule has 19 heavy (non-hydrogen) atoms. The summed E-state index contributed by atoms with van der Waals surface area (Å²) < 4.78 is 5.09. The molecule has 3 unspecified atom stereocenters. The number of nitrogens with one attached hydrogen (secondary N) is 1. The van der Waals surface area contributed by atoms with Gasteiger partial charge in [-0.1, -0.05) is 0 Å². The Balaban J connectivity index is 1.83. The Bertz CT molecular complexity index is 447. The first-order valence-electron chi connectivity index (χ1n) is 6.62. The zero-order valence-electron chi connectivity index (χ0n) is 11.2. The van der Waals surface area contributed by atoms with Gasteiger partial charge < -0.3 is 20.1 Å². The van der Waals surface area contributed by atoms with E-state index in [1.54, 1.807) is 14.2 Å². The number of aliphatic hydroxyl groups excluding tert-OH is 1. The minimum absolute atomic E-state index is 0.178. The van der Waals surface area contributed by atoms with Crippen LogP contribution in [0.15, 0.2) is 0 Å². The van der Waals surface area contributed by atoms with Gasteiger partial charge in [0.1, 0.15) is 0 Å². The van der Waals surface area contributed by atoms with Crippen molar-refractivity contribution in [2.75, 3.05) is 37.5 Å². The minimum Gasteiger partial charge on any atom is -0.467 e. The predicted octanol–water partition coefficient (Wildman–Crippen LogP) is 0.129. The van der Waals surface area contributed by atoms with E-state index in [4.69, 9.17) is 4.74 Å². The van der Waals surface area contributed by atoms with E-state index in [-0.39, 0.29) is 6.10 Å². The number of methoxy groups -OCH3 is 1. The highest BCUT2D eigenvalue weighted by Crippen LogP contribution is 2.39. The first-order chi connectivity index (χ1) is 9.21. The van der Waals surface area contributed by atoms with Crippen LogP contribution in [0.5, 0.6) is 6.01 Å². The van der Waals surface area contributed by atoms with E-state index in [1.165, 1.54) is 0 Å². The second-order valence-electron chi connectivity index (χ2n) is 5.17. The van der Waals surface area contributed by atoms with E-state index in [1.807, 2.05) is 0 Å². The van der Waals surface area contributed by atoms with Crippen molar-refractivity contribution in [2.24, 2.45) is 11.8 Å². The van der Waals surface area contributed by atoms with Gasteiger partial charge in [0, 0.05) is 26.1 Å². The second kappa shape index (κ2) is 4.80. The van der Waals surface area contributed by atoms with Crippen molar-refractivity contribution in [1.82, 2.24) is 15.0 Å². The zero-order chi connectivity index (χ0) is 13.4. The van der Waals surface area contributed by atoms with Crippen molar-refractivity contribution in [2.45, 2.75) is 18.9 Å². The molecule has 0 bridgehead atoms. The first kappa shape index (κ1) is 12.4. The summed E-state index contributed by atoms with van der Waals surface area (Å²) in [5.74, 6) is 2.02. The Kier molecular flexibility index (Phi) is 3.14. The van der Waals surface area contributed by atoms with Gasteiger partial charge in [0.25, 0.3) is 0 Å². The van der Waals surface area contributed by atoms with Crippen LogP contribution in [0.3, 0.4) is 0 Å². The molecule has 2 aliphatic rings. The molecular formula is C12H19N5O2. The molecule has 0 amide bonds. The van der Waals surface area contributed by atoms with Crippen molar-refractivity contribution < 1.29 is 9.84 Å². The molecule has 1 aliphatic heterocycles. The predicted molar refractivity (Wildman–Crippen MR) is 70.4 cm³/mol. The summed E-state index contributed by atoms with van der Waals surface area (Å²) in [5, 5.41) is 12.9. The number of fused-ring (bicyclic) bond motifs is 1. The maximum Gasteiger partial charge on any atom is 0.322 e. The maximum absolute atomic E-state index is 9.95. The third-order valence-corrected chi connectivity index (χ3v) is 4.11. The van der Waals surface area contributed by atoms with Crippen LogP contribution in [0.1, 0.15) is 12.8 Å². The number of rotatable bonds is 3. The molecule has 104 valence electrons. The highest BCUT2D eigenvalue weighted by molar-refractivity contribution is 5.39. The van der Waals surface area contributed by atoms with Crippen LogP contribution in [0, 0.1) is 11.8 Å². The quantitative estimate of drug-likeness (QED) is 0.803. The molecule has 1 aliphatic carbocycles. The Morgan fingerprint density at radius 3 is 2.79 bits per heavy atom. The number of aliphatic hydroxyl groups is 1. The molecule has 1 saturated carbocycles. The average molecular weight is 265 g/mol. The summed E-state index contributed by atoms with van der Waals surface area (Å²) in [6, 6.07) is 0.312. The lowest BCUT2D eigenvalue weighted by Crippen LogP contribution is -2.26. The van der Waals surface area contributed by atoms with Crippen LogP contribution in [0.25, 0.3) is 0 Å². The van der Waals surface area contributed by atoms with Crippen molar-refractivity contribution in [3.8, 4) is 6.01 Å². The van der Waals surface area contributed by atoms with E-state index in [0.717, 1.165) is 25.9 Å². The molecule has 7 nitrogen and oxygen atoms in total. The van der Waals surface area contributed by atoms with Crippen LogP contribution in [-0.2, 0) is 0 Å². The van der Waals surface area contributed by atoms with E-state index >= 15 is 0 Å². The molecule has 7 heteroatoms. The maximum atomic E-state index is 9.95. The molecule has 1 saturated heterocycles. The highest BCUT2D eigenvalue weighted by Gasteiger charge is 2.42. The Labute approximate surface area is 112 Å². The van der Waals surface area contributed by atoms with E-state index < -0.39 is 0 Å². The van der Waals surface area contributed by atoms with Gasteiger partial charge in [-0.3, -0.25) is 0 Å². The van der Waals surface area contributed by atoms with Crippen LogP contribution in [-0.4, -0.2) is 53.4 Å². The molecule has 0 radical (unpaired) electrons. The Morgan fingerprint density at radius 1 is 1.26 bits per heavy atom. The van der Waals surface area contributed by atoms with Crippen LogP contribution in [0.2, 0.25) is 0 Å². The number of aromatic nitrogens is 3. The number of anilines is 2. The minimum atomic E-state index is -0.178. The standard InChI is InChI=1S/C12H19N5O2/c1-13-10-14-11(16-12(15-10)19-2)17-5-7-3-4-9(18)8(7)6-17/h7-9,18H,3-6H2,1-2H3,(H,13,14,15,16). The summed E-state index contributed by atoms with van der Waals surface area (Å²) in [5.41, 5.74) is 0. The lowest BCUT2D eigenvalue weighted by atomic mass is 10.00. The fourth-order valence-corrected chi connectivity index (χ4v) is 3.09. The van der Waals surface area contributed by atoms with E-state index in [0.29, 0.717) is 29.7 Å². The van der Waals surface area contributed by atoms with Crippen molar-refractivity contribution in [1.29, 1.82) is 0 Å². The van der Waals surface area contributed by atoms with Gasteiger partial charge in [0.15, 0.2) is 0 Å². The molecule has 3 atom stereocenters. The SMILES string of the molecule is CNc1nc(OC)nc(N2CC3CCC(O)C3C2)n1. The number of hydrogen-bond acceptors (Lipinski definition) is 7. The molecule has 1 aromatic rings. The van der Waals surface area contributed by atoms with Crippen molar-refractivity contribution in [3.05, 3.63) is 0 Å². The normalized spacial score (nSPS) is 29.4.